The molecule has 2 heterocycles. The summed E-state index contributed by atoms with van der Waals surface area (Å²) < 4.78 is 7.13. The number of methoxy groups -OCH3 is 1. The van der Waals surface area contributed by atoms with Crippen molar-refractivity contribution in [1.82, 2.24) is 19.7 Å². The molecule has 0 saturated heterocycles. The summed E-state index contributed by atoms with van der Waals surface area (Å²) in [7, 11) is 1.67. The van der Waals surface area contributed by atoms with E-state index in [-0.39, 0.29) is 11.9 Å². The number of hydrogen-bond acceptors (Lipinski definition) is 4. The van der Waals surface area contributed by atoms with Gasteiger partial charge in [-0.05, 0) is 38.7 Å². The molecule has 0 radical (unpaired) electrons. The van der Waals surface area contributed by atoms with Crippen LogP contribution in [-0.4, -0.2) is 52.4 Å². The zero-order valence-corrected chi connectivity index (χ0v) is 16.5. The van der Waals surface area contributed by atoms with Crippen molar-refractivity contribution < 1.29 is 9.53 Å². The number of aromatic nitrogens is 3. The summed E-state index contributed by atoms with van der Waals surface area (Å²) >= 11 is 0. The number of ether oxygens (including phenoxy) is 1. The fourth-order valence-electron chi connectivity index (χ4n) is 3.27. The largest absolute Gasteiger partial charge is 0.383 e. The highest BCUT2D eigenvalue weighted by molar-refractivity contribution is 6.05. The lowest BCUT2D eigenvalue weighted by molar-refractivity contribution is 0.0674. The van der Waals surface area contributed by atoms with E-state index in [1.54, 1.807) is 13.3 Å². The van der Waals surface area contributed by atoms with Gasteiger partial charge in [0.2, 0.25) is 0 Å². The highest BCUT2D eigenvalue weighted by Gasteiger charge is 2.29. The molecule has 0 bridgehead atoms. The number of nitrogens with zero attached hydrogens (tertiary/aromatic N) is 4. The van der Waals surface area contributed by atoms with Gasteiger partial charge in [-0.25, -0.2) is 9.67 Å². The quantitative estimate of drug-likeness (QED) is 0.723. The molecule has 2 aromatic rings. The molecule has 0 atom stereocenters. The van der Waals surface area contributed by atoms with Crippen LogP contribution in [0.3, 0.4) is 0 Å². The van der Waals surface area contributed by atoms with Gasteiger partial charge in [-0.3, -0.25) is 4.79 Å². The molecule has 0 unspecified atom stereocenters. The molecule has 0 N–H and O–H groups in total. The van der Waals surface area contributed by atoms with Crippen LogP contribution < -0.4 is 0 Å². The summed E-state index contributed by atoms with van der Waals surface area (Å²) in [5, 5.41) is 5.35. The number of carbonyl (C=O) groups is 1. The minimum Gasteiger partial charge on any atom is -0.383 e. The summed E-state index contributed by atoms with van der Waals surface area (Å²) in [5.41, 5.74) is 2.57. The number of fused-ring (bicyclic) bond motifs is 1. The molecule has 26 heavy (non-hydrogen) atoms. The molecule has 1 fully saturated rings. The third kappa shape index (κ3) is 3.90. The van der Waals surface area contributed by atoms with Crippen LogP contribution in [0.15, 0.2) is 12.3 Å². The van der Waals surface area contributed by atoms with E-state index in [1.807, 2.05) is 15.6 Å². The van der Waals surface area contributed by atoms with Crippen molar-refractivity contribution in [2.75, 3.05) is 26.8 Å². The molecular weight excluding hydrogens is 328 g/mol. The summed E-state index contributed by atoms with van der Waals surface area (Å²) in [5.74, 6) is 0.932. The first-order valence-corrected chi connectivity index (χ1v) is 9.58. The molecule has 6 nitrogen and oxygen atoms in total. The Hall–Kier alpha value is -1.95. The van der Waals surface area contributed by atoms with Crippen molar-refractivity contribution in [1.29, 1.82) is 0 Å². The average Bonchev–Trinajstić information content (AvgIpc) is 3.35. The first-order valence-electron chi connectivity index (χ1n) is 9.58. The fourth-order valence-corrected chi connectivity index (χ4v) is 3.27. The molecule has 1 amide bonds. The molecule has 1 aliphatic rings. The Morgan fingerprint density at radius 1 is 1.35 bits per heavy atom. The van der Waals surface area contributed by atoms with Crippen LogP contribution in [0.25, 0.3) is 11.0 Å². The molecule has 6 heteroatoms. The lowest BCUT2D eigenvalue weighted by atomic mass is 10.1. The van der Waals surface area contributed by atoms with Gasteiger partial charge in [0.15, 0.2) is 5.65 Å². The first kappa shape index (κ1) is 18.8. The minimum absolute atomic E-state index is 0.0494. The van der Waals surface area contributed by atoms with Crippen LogP contribution in [0.4, 0.5) is 0 Å². The molecule has 1 aliphatic carbocycles. The number of hydrogen-bond donors (Lipinski definition) is 0. The second-order valence-corrected chi connectivity index (χ2v) is 7.93. The normalized spacial score (nSPS) is 14.6. The Morgan fingerprint density at radius 2 is 2.08 bits per heavy atom. The lowest BCUT2D eigenvalue weighted by Gasteiger charge is -2.25. The van der Waals surface area contributed by atoms with Gasteiger partial charge in [-0.1, -0.05) is 13.8 Å². The van der Waals surface area contributed by atoms with Crippen LogP contribution in [0.2, 0.25) is 0 Å². The van der Waals surface area contributed by atoms with Gasteiger partial charge in [0.05, 0.1) is 23.8 Å². The van der Waals surface area contributed by atoms with Gasteiger partial charge >= 0.3 is 0 Å². The molecule has 3 rings (SSSR count). The van der Waals surface area contributed by atoms with Crippen molar-refractivity contribution in [2.24, 2.45) is 5.92 Å². The van der Waals surface area contributed by atoms with Gasteiger partial charge < -0.3 is 9.64 Å². The minimum atomic E-state index is 0.0494. The molecule has 1 saturated carbocycles. The summed E-state index contributed by atoms with van der Waals surface area (Å²) in [6.07, 6.45) is 4.10. The second-order valence-electron chi connectivity index (χ2n) is 7.93. The number of carbonyl (C=O) groups excluding carboxylic acids is 1. The van der Waals surface area contributed by atoms with E-state index >= 15 is 0 Å². The Morgan fingerprint density at radius 3 is 2.65 bits per heavy atom. The van der Waals surface area contributed by atoms with Crippen LogP contribution in [0.1, 0.15) is 68.5 Å². The summed E-state index contributed by atoms with van der Waals surface area (Å²) in [4.78, 5) is 20.1. The number of pyridine rings is 1. The predicted octanol–water partition coefficient (Wildman–Crippen LogP) is 3.63. The third-order valence-corrected chi connectivity index (χ3v) is 4.74. The molecule has 2 aromatic heterocycles. The zero-order valence-electron chi connectivity index (χ0n) is 16.5. The lowest BCUT2D eigenvalue weighted by Crippen LogP contribution is -2.37. The average molecular weight is 358 g/mol. The van der Waals surface area contributed by atoms with Crippen molar-refractivity contribution >= 4 is 16.9 Å². The van der Waals surface area contributed by atoms with Crippen molar-refractivity contribution in [3.8, 4) is 0 Å². The monoisotopic (exact) mass is 358 g/mol. The van der Waals surface area contributed by atoms with Gasteiger partial charge in [-0.15, -0.1) is 0 Å². The molecule has 0 spiro atoms. The highest BCUT2D eigenvalue weighted by atomic mass is 16.5. The first-order chi connectivity index (χ1) is 12.4. The Labute approximate surface area is 155 Å². The van der Waals surface area contributed by atoms with Crippen molar-refractivity contribution in [3.63, 3.8) is 0 Å². The van der Waals surface area contributed by atoms with Crippen LogP contribution in [0, 0.1) is 5.92 Å². The van der Waals surface area contributed by atoms with Crippen molar-refractivity contribution in [2.45, 2.75) is 52.5 Å². The molecular formula is C20H30N4O2. The molecule has 142 valence electrons. The second kappa shape index (κ2) is 7.74. The van der Waals surface area contributed by atoms with E-state index in [2.05, 4.69) is 32.8 Å². The van der Waals surface area contributed by atoms with E-state index in [0.717, 1.165) is 35.1 Å². The maximum atomic E-state index is 13.4. The van der Waals surface area contributed by atoms with Crippen LogP contribution >= 0.6 is 0 Å². The van der Waals surface area contributed by atoms with Crippen LogP contribution in [0.5, 0.6) is 0 Å². The third-order valence-electron chi connectivity index (χ3n) is 4.74. The predicted molar refractivity (Wildman–Crippen MR) is 103 cm³/mol. The highest BCUT2D eigenvalue weighted by Crippen LogP contribution is 2.40. The standard InChI is InChI=1S/C20H30N4O2/c1-13(2)12-23(8-9-26-5)20(25)16-10-18(15-6-7-15)22-19-17(16)11-21-24(19)14(3)4/h10-11,13-15H,6-9,12H2,1-5H3. The summed E-state index contributed by atoms with van der Waals surface area (Å²) in [6, 6.07) is 2.20. The smallest absolute Gasteiger partial charge is 0.254 e. The van der Waals surface area contributed by atoms with Crippen molar-refractivity contribution in [3.05, 3.63) is 23.5 Å². The zero-order chi connectivity index (χ0) is 18.8. The SMILES string of the molecule is COCCN(CC(C)C)C(=O)c1cc(C2CC2)nc2c1cnn2C(C)C. The van der Waals surface area contributed by atoms with Gasteiger partial charge in [0, 0.05) is 37.9 Å². The van der Waals surface area contributed by atoms with E-state index in [9.17, 15) is 4.79 Å². The van der Waals surface area contributed by atoms with Gasteiger partial charge in [-0.2, -0.15) is 5.10 Å². The topological polar surface area (TPSA) is 60.2 Å². The van der Waals surface area contributed by atoms with Crippen LogP contribution in [-0.2, 0) is 4.74 Å². The number of amides is 1. The maximum Gasteiger partial charge on any atom is 0.254 e. The summed E-state index contributed by atoms with van der Waals surface area (Å²) in [6.45, 7) is 10.3. The Kier molecular flexibility index (Phi) is 5.61. The molecule has 0 aromatic carbocycles. The van der Waals surface area contributed by atoms with E-state index < -0.39 is 0 Å². The van der Waals surface area contributed by atoms with Gasteiger partial charge in [0.1, 0.15) is 0 Å². The Bertz CT molecular complexity index is 777. The number of rotatable bonds is 8. The van der Waals surface area contributed by atoms with E-state index in [4.69, 9.17) is 9.72 Å². The van der Waals surface area contributed by atoms with E-state index in [0.29, 0.717) is 31.5 Å². The maximum absolute atomic E-state index is 13.4. The molecule has 0 aliphatic heterocycles. The van der Waals surface area contributed by atoms with E-state index in [1.165, 1.54) is 0 Å². The van der Waals surface area contributed by atoms with Gasteiger partial charge in [0.25, 0.3) is 5.91 Å². The fraction of sp³-hybridized carbons (Fsp3) is 0.650. The Balaban J connectivity index is 2.05.